The van der Waals surface area contributed by atoms with Crippen molar-refractivity contribution in [1.29, 1.82) is 0 Å². The van der Waals surface area contributed by atoms with E-state index in [4.69, 9.17) is 4.74 Å². The molecule has 2 aromatic carbocycles. The summed E-state index contributed by atoms with van der Waals surface area (Å²) in [6, 6.07) is 15.0. The van der Waals surface area contributed by atoms with Crippen LogP contribution in [0.2, 0.25) is 0 Å². The average Bonchev–Trinajstić information content (AvgIpc) is 3.25. The number of nitrogens with zero attached hydrogens (tertiary/aromatic N) is 3. The zero-order valence-corrected chi connectivity index (χ0v) is 18.5. The van der Waals surface area contributed by atoms with E-state index in [2.05, 4.69) is 10.4 Å². The quantitative estimate of drug-likeness (QED) is 0.443. The standard InChI is InChI=1S/C25H25FN4O3/c1-3-33-21-10-6-19(7-11-21)22-16-23-25(32)29(14-15-30(23)28-22)13-12-24(31)27-17(2)18-4-8-20(26)9-5-18/h4-11,14-17H,3,12-13H2,1-2H3,(H,27,31). The highest BCUT2D eigenvalue weighted by molar-refractivity contribution is 5.76. The Morgan fingerprint density at radius 2 is 1.85 bits per heavy atom. The Balaban J connectivity index is 1.44. The van der Waals surface area contributed by atoms with Crippen molar-refractivity contribution in [2.24, 2.45) is 0 Å². The van der Waals surface area contributed by atoms with Gasteiger partial charge in [0.05, 0.1) is 18.3 Å². The Kier molecular flexibility index (Phi) is 6.53. The van der Waals surface area contributed by atoms with Gasteiger partial charge < -0.3 is 14.6 Å². The Hall–Kier alpha value is -3.94. The molecule has 33 heavy (non-hydrogen) atoms. The maximum Gasteiger partial charge on any atom is 0.276 e. The fourth-order valence-corrected chi connectivity index (χ4v) is 3.60. The van der Waals surface area contributed by atoms with E-state index in [1.807, 2.05) is 38.1 Å². The van der Waals surface area contributed by atoms with E-state index < -0.39 is 0 Å². The number of ether oxygens (including phenoxy) is 1. The Labute approximate surface area is 190 Å². The molecule has 2 heterocycles. The Bertz CT molecular complexity index is 1310. The van der Waals surface area contributed by atoms with Gasteiger partial charge >= 0.3 is 0 Å². The van der Waals surface area contributed by atoms with Gasteiger partial charge in [0.2, 0.25) is 5.91 Å². The first kappa shape index (κ1) is 22.3. The molecule has 0 spiro atoms. The number of rotatable bonds is 8. The minimum Gasteiger partial charge on any atom is -0.494 e. The molecule has 1 unspecified atom stereocenters. The maximum absolute atomic E-state index is 13.1. The lowest BCUT2D eigenvalue weighted by Gasteiger charge is -2.14. The molecule has 170 valence electrons. The monoisotopic (exact) mass is 448 g/mol. The van der Waals surface area contributed by atoms with Crippen molar-refractivity contribution in [3.8, 4) is 17.0 Å². The van der Waals surface area contributed by atoms with Gasteiger partial charge in [-0.1, -0.05) is 12.1 Å². The van der Waals surface area contributed by atoms with E-state index in [1.54, 1.807) is 35.1 Å². The van der Waals surface area contributed by atoms with Crippen molar-refractivity contribution < 1.29 is 13.9 Å². The SMILES string of the molecule is CCOc1ccc(-c2cc3c(=O)n(CCC(=O)NC(C)c4ccc(F)cc4)ccn3n2)cc1. The number of amides is 1. The van der Waals surface area contributed by atoms with Gasteiger partial charge in [0.1, 0.15) is 17.1 Å². The van der Waals surface area contributed by atoms with Crippen molar-refractivity contribution in [3.05, 3.63) is 88.7 Å². The van der Waals surface area contributed by atoms with Crippen LogP contribution in [0.15, 0.2) is 71.8 Å². The summed E-state index contributed by atoms with van der Waals surface area (Å²) in [5, 5.41) is 7.37. The van der Waals surface area contributed by atoms with Crippen LogP contribution in [-0.2, 0) is 11.3 Å². The molecule has 0 aliphatic carbocycles. The van der Waals surface area contributed by atoms with Crippen molar-refractivity contribution in [1.82, 2.24) is 19.5 Å². The number of nitrogens with one attached hydrogen (secondary N) is 1. The molecule has 0 aliphatic heterocycles. The molecule has 0 radical (unpaired) electrons. The second-order valence-corrected chi connectivity index (χ2v) is 7.70. The van der Waals surface area contributed by atoms with E-state index >= 15 is 0 Å². The van der Waals surface area contributed by atoms with Crippen LogP contribution in [0.3, 0.4) is 0 Å². The zero-order valence-electron chi connectivity index (χ0n) is 18.5. The lowest BCUT2D eigenvalue weighted by Crippen LogP contribution is -2.29. The molecule has 0 aliphatic rings. The molecule has 1 N–H and O–H groups in total. The Morgan fingerprint density at radius 1 is 1.12 bits per heavy atom. The Morgan fingerprint density at radius 3 is 2.55 bits per heavy atom. The molecule has 7 nitrogen and oxygen atoms in total. The molecular weight excluding hydrogens is 423 g/mol. The van der Waals surface area contributed by atoms with Crippen LogP contribution in [0.25, 0.3) is 16.8 Å². The van der Waals surface area contributed by atoms with Crippen molar-refractivity contribution >= 4 is 11.4 Å². The largest absolute Gasteiger partial charge is 0.494 e. The number of carbonyl (C=O) groups excluding carboxylic acids is 1. The number of halogens is 1. The number of carbonyl (C=O) groups is 1. The summed E-state index contributed by atoms with van der Waals surface area (Å²) < 4.78 is 21.6. The van der Waals surface area contributed by atoms with Crippen molar-refractivity contribution in [3.63, 3.8) is 0 Å². The first-order valence-electron chi connectivity index (χ1n) is 10.8. The fourth-order valence-electron chi connectivity index (χ4n) is 3.60. The molecule has 1 amide bonds. The number of fused-ring (bicyclic) bond motifs is 1. The molecule has 4 aromatic rings. The second-order valence-electron chi connectivity index (χ2n) is 7.70. The number of hydrogen-bond donors (Lipinski definition) is 1. The second kappa shape index (κ2) is 9.68. The van der Waals surface area contributed by atoms with Gasteiger partial charge in [-0.05, 0) is 61.9 Å². The van der Waals surface area contributed by atoms with Crippen LogP contribution in [0.5, 0.6) is 5.75 Å². The molecule has 8 heteroatoms. The predicted molar refractivity (Wildman–Crippen MR) is 124 cm³/mol. The minimum atomic E-state index is -0.322. The summed E-state index contributed by atoms with van der Waals surface area (Å²) in [6.07, 6.45) is 3.47. The molecule has 1 atom stereocenters. The lowest BCUT2D eigenvalue weighted by atomic mass is 10.1. The number of aryl methyl sites for hydroxylation is 1. The molecule has 2 aromatic heterocycles. The highest BCUT2D eigenvalue weighted by atomic mass is 19.1. The third-order valence-corrected chi connectivity index (χ3v) is 5.39. The topological polar surface area (TPSA) is 77.6 Å². The van der Waals surface area contributed by atoms with E-state index in [-0.39, 0.29) is 36.3 Å². The van der Waals surface area contributed by atoms with Gasteiger partial charge in [0.25, 0.3) is 5.56 Å². The smallest absolute Gasteiger partial charge is 0.276 e. The van der Waals surface area contributed by atoms with Crippen molar-refractivity contribution in [2.75, 3.05) is 6.61 Å². The van der Waals surface area contributed by atoms with Gasteiger partial charge in [0, 0.05) is 30.9 Å². The van der Waals surface area contributed by atoms with Gasteiger partial charge in [-0.3, -0.25) is 9.59 Å². The van der Waals surface area contributed by atoms with Crippen LogP contribution in [-0.4, -0.2) is 26.7 Å². The highest BCUT2D eigenvalue weighted by Gasteiger charge is 2.12. The maximum atomic E-state index is 13.1. The summed E-state index contributed by atoms with van der Waals surface area (Å²) in [5.41, 5.74) is 2.58. The van der Waals surface area contributed by atoms with Crippen LogP contribution >= 0.6 is 0 Å². The van der Waals surface area contributed by atoms with Crippen molar-refractivity contribution in [2.45, 2.75) is 32.9 Å². The normalized spacial score (nSPS) is 12.0. The lowest BCUT2D eigenvalue weighted by molar-refractivity contribution is -0.121. The van der Waals surface area contributed by atoms with Crippen LogP contribution in [0.4, 0.5) is 4.39 Å². The number of aromatic nitrogens is 3. The first-order chi connectivity index (χ1) is 15.9. The third-order valence-electron chi connectivity index (χ3n) is 5.39. The molecule has 0 saturated heterocycles. The molecule has 0 bridgehead atoms. The van der Waals surface area contributed by atoms with E-state index in [9.17, 15) is 14.0 Å². The summed E-state index contributed by atoms with van der Waals surface area (Å²) in [4.78, 5) is 25.3. The third kappa shape index (κ3) is 5.11. The molecule has 4 rings (SSSR count). The van der Waals surface area contributed by atoms with E-state index in [0.29, 0.717) is 17.8 Å². The summed E-state index contributed by atoms with van der Waals surface area (Å²) >= 11 is 0. The zero-order chi connectivity index (χ0) is 23.4. The number of hydrogen-bond acceptors (Lipinski definition) is 4. The molecule has 0 fully saturated rings. The fraction of sp³-hybridized carbons (Fsp3) is 0.240. The molecule has 0 saturated carbocycles. The number of benzene rings is 2. The van der Waals surface area contributed by atoms with Crippen LogP contribution in [0, 0.1) is 5.82 Å². The van der Waals surface area contributed by atoms with Gasteiger partial charge in [-0.25, -0.2) is 8.91 Å². The average molecular weight is 448 g/mol. The summed E-state index contributed by atoms with van der Waals surface area (Å²) in [7, 11) is 0. The van der Waals surface area contributed by atoms with Gasteiger partial charge in [-0.15, -0.1) is 0 Å². The predicted octanol–water partition coefficient (Wildman–Crippen LogP) is 3.97. The van der Waals surface area contributed by atoms with E-state index in [1.165, 1.54) is 16.7 Å². The van der Waals surface area contributed by atoms with Gasteiger partial charge in [0.15, 0.2) is 0 Å². The molecular formula is C25H25FN4O3. The minimum absolute atomic E-state index is 0.140. The van der Waals surface area contributed by atoms with Gasteiger partial charge in [-0.2, -0.15) is 5.10 Å². The summed E-state index contributed by atoms with van der Waals surface area (Å²) in [5.74, 6) is 0.263. The van der Waals surface area contributed by atoms with E-state index in [0.717, 1.165) is 16.9 Å². The highest BCUT2D eigenvalue weighted by Crippen LogP contribution is 2.22. The van der Waals surface area contributed by atoms with Crippen LogP contribution < -0.4 is 15.6 Å². The van der Waals surface area contributed by atoms with Crippen LogP contribution in [0.1, 0.15) is 31.9 Å². The summed E-state index contributed by atoms with van der Waals surface area (Å²) in [6.45, 7) is 4.59. The first-order valence-corrected chi connectivity index (χ1v) is 10.8.